The fourth-order valence-electron chi connectivity index (χ4n) is 2.91. The average molecular weight is 427 g/mol. The van der Waals surface area contributed by atoms with Gasteiger partial charge < -0.3 is 29.0 Å². The van der Waals surface area contributed by atoms with Gasteiger partial charge in [0, 0.05) is 32.4 Å². The Balaban J connectivity index is 1.98. The monoisotopic (exact) mass is 427 g/mol. The smallest absolute Gasteiger partial charge is 0.343 e. The summed E-state index contributed by atoms with van der Waals surface area (Å²) in [5.74, 6) is 0.799. The van der Waals surface area contributed by atoms with E-state index in [0.29, 0.717) is 23.8 Å². The maximum Gasteiger partial charge on any atom is 0.343 e. The highest BCUT2D eigenvalue weighted by Crippen LogP contribution is 2.35. The number of hydrogen-bond donors (Lipinski definition) is 1. The van der Waals surface area contributed by atoms with Gasteiger partial charge in [0.15, 0.2) is 13.6 Å². The van der Waals surface area contributed by atoms with E-state index in [2.05, 4.69) is 10.4 Å². The van der Waals surface area contributed by atoms with Crippen molar-refractivity contribution in [3.8, 4) is 11.5 Å². The van der Waals surface area contributed by atoms with Crippen LogP contribution in [-0.2, 0) is 20.8 Å². The van der Waals surface area contributed by atoms with Crippen molar-refractivity contribution in [1.82, 2.24) is 9.78 Å². The molecule has 0 aliphatic rings. The molecule has 9 heteroatoms. The molecule has 0 aliphatic carbocycles. The minimum absolute atomic E-state index is 0.0344. The van der Waals surface area contributed by atoms with Crippen LogP contribution in [0.15, 0.2) is 54.7 Å². The van der Waals surface area contributed by atoms with Gasteiger partial charge in [0.05, 0.1) is 25.5 Å². The van der Waals surface area contributed by atoms with Crippen LogP contribution in [0, 0.1) is 0 Å². The van der Waals surface area contributed by atoms with E-state index in [1.807, 2.05) is 36.4 Å². The number of carbonyl (C=O) groups excluding carboxylic acids is 1. The molecule has 0 fully saturated rings. The fraction of sp³-hybridized carbons (Fsp3) is 0.273. The Morgan fingerprint density at radius 3 is 2.45 bits per heavy atom. The van der Waals surface area contributed by atoms with Gasteiger partial charge in [-0.05, 0) is 5.56 Å². The molecule has 0 atom stereocenters. The van der Waals surface area contributed by atoms with Crippen molar-refractivity contribution in [2.75, 3.05) is 40.2 Å². The van der Waals surface area contributed by atoms with Gasteiger partial charge in [-0.15, -0.1) is 0 Å². The Hall–Kier alpha value is -3.56. The summed E-state index contributed by atoms with van der Waals surface area (Å²) in [6.07, 6.45) is 1.68. The van der Waals surface area contributed by atoms with Gasteiger partial charge in [-0.25, -0.2) is 9.48 Å². The molecule has 0 saturated heterocycles. The highest BCUT2D eigenvalue weighted by Gasteiger charge is 2.22. The highest BCUT2D eigenvalue weighted by molar-refractivity contribution is 6.00. The van der Waals surface area contributed by atoms with E-state index in [0.717, 1.165) is 5.56 Å². The van der Waals surface area contributed by atoms with Crippen molar-refractivity contribution >= 4 is 17.5 Å². The first-order valence-electron chi connectivity index (χ1n) is 9.48. The molecular formula is C22H25N3O6. The second-order valence-corrected chi connectivity index (χ2v) is 6.42. The molecular weight excluding hydrogens is 402 g/mol. The zero-order valence-corrected chi connectivity index (χ0v) is 17.7. The van der Waals surface area contributed by atoms with Crippen LogP contribution in [0.1, 0.15) is 15.9 Å². The molecule has 31 heavy (non-hydrogen) atoms. The number of benzene rings is 2. The molecule has 0 aliphatic heterocycles. The number of rotatable bonds is 11. The predicted octanol–water partition coefficient (Wildman–Crippen LogP) is 3.43. The first-order chi connectivity index (χ1) is 15.2. The van der Waals surface area contributed by atoms with Gasteiger partial charge in [0.1, 0.15) is 22.9 Å². The van der Waals surface area contributed by atoms with Gasteiger partial charge in [-0.2, -0.15) is 5.10 Å². The number of nitrogens with one attached hydrogen (secondary N) is 1. The molecule has 3 aromatic rings. The van der Waals surface area contributed by atoms with E-state index < -0.39 is 5.97 Å². The van der Waals surface area contributed by atoms with Gasteiger partial charge in [0.25, 0.3) is 0 Å². The summed E-state index contributed by atoms with van der Waals surface area (Å²) in [5.41, 5.74) is 1.72. The van der Waals surface area contributed by atoms with Crippen LogP contribution in [0.2, 0.25) is 0 Å². The minimum Gasteiger partial charge on any atom is -0.467 e. The number of methoxy groups -OCH3 is 3. The molecule has 1 aromatic heterocycles. The van der Waals surface area contributed by atoms with Crippen LogP contribution >= 0.6 is 0 Å². The number of aromatic nitrogens is 2. The van der Waals surface area contributed by atoms with Crippen LogP contribution in [0.25, 0.3) is 0 Å². The summed E-state index contributed by atoms with van der Waals surface area (Å²) in [4.78, 5) is 12.6. The fourth-order valence-corrected chi connectivity index (χ4v) is 2.91. The molecule has 0 saturated carbocycles. The largest absolute Gasteiger partial charge is 0.467 e. The Morgan fingerprint density at radius 2 is 1.74 bits per heavy atom. The van der Waals surface area contributed by atoms with Crippen molar-refractivity contribution < 1.29 is 28.5 Å². The summed E-state index contributed by atoms with van der Waals surface area (Å²) >= 11 is 0. The molecule has 0 bridgehead atoms. The Labute approximate surface area is 180 Å². The minimum atomic E-state index is -0.569. The number of ether oxygens (including phenoxy) is 5. The molecule has 3 rings (SSSR count). The van der Waals surface area contributed by atoms with Crippen LogP contribution in [0.4, 0.5) is 11.5 Å². The van der Waals surface area contributed by atoms with E-state index in [9.17, 15) is 4.79 Å². The van der Waals surface area contributed by atoms with Crippen molar-refractivity contribution in [1.29, 1.82) is 0 Å². The van der Waals surface area contributed by atoms with Crippen LogP contribution < -0.4 is 14.8 Å². The van der Waals surface area contributed by atoms with Crippen LogP contribution in [0.3, 0.4) is 0 Å². The lowest BCUT2D eigenvalue weighted by atomic mass is 10.1. The molecule has 1 N–H and O–H groups in total. The lowest BCUT2D eigenvalue weighted by Gasteiger charge is -2.18. The zero-order valence-electron chi connectivity index (χ0n) is 17.7. The third-order valence-electron chi connectivity index (χ3n) is 4.30. The average Bonchev–Trinajstić information content (AvgIpc) is 3.22. The predicted molar refractivity (Wildman–Crippen MR) is 114 cm³/mol. The number of anilines is 2. The second kappa shape index (κ2) is 11.0. The molecule has 0 radical (unpaired) electrons. The summed E-state index contributed by atoms with van der Waals surface area (Å²) in [6, 6.07) is 15.0. The van der Waals surface area contributed by atoms with E-state index in [4.69, 9.17) is 23.7 Å². The first kappa shape index (κ1) is 22.1. The number of esters is 1. The van der Waals surface area contributed by atoms with Crippen LogP contribution in [-0.4, -0.2) is 50.7 Å². The molecule has 0 spiro atoms. The topological polar surface area (TPSA) is 93.1 Å². The Kier molecular flexibility index (Phi) is 7.85. The maximum absolute atomic E-state index is 12.6. The number of hydrogen-bond acceptors (Lipinski definition) is 8. The van der Waals surface area contributed by atoms with Gasteiger partial charge in [-0.3, -0.25) is 0 Å². The van der Waals surface area contributed by atoms with Crippen molar-refractivity contribution in [3.63, 3.8) is 0 Å². The quantitative estimate of drug-likeness (QED) is 0.368. The van der Waals surface area contributed by atoms with E-state index >= 15 is 0 Å². The first-order valence-corrected chi connectivity index (χ1v) is 9.48. The lowest BCUT2D eigenvalue weighted by Crippen LogP contribution is -2.13. The van der Waals surface area contributed by atoms with Gasteiger partial charge >= 0.3 is 5.97 Å². The third-order valence-corrected chi connectivity index (χ3v) is 4.30. The van der Waals surface area contributed by atoms with Crippen LogP contribution in [0.5, 0.6) is 11.5 Å². The lowest BCUT2D eigenvalue weighted by molar-refractivity contribution is 0.0436. The standard InChI is InChI=1S/C22H25N3O6/c1-27-14-30-17-11-18(21(22(26)29-3)19(12-17)31-15-28-2)24-20-9-10-23-25(20)13-16-7-5-4-6-8-16/h4-12,24H,13-15H2,1-3H3. The third kappa shape index (κ3) is 5.74. The van der Waals surface area contributed by atoms with Crippen molar-refractivity contribution in [2.45, 2.75) is 6.54 Å². The summed E-state index contributed by atoms with van der Waals surface area (Å²) in [5, 5.41) is 7.63. The Morgan fingerprint density at radius 1 is 1.00 bits per heavy atom. The van der Waals surface area contributed by atoms with E-state index in [1.54, 1.807) is 23.0 Å². The highest BCUT2D eigenvalue weighted by atomic mass is 16.7. The van der Waals surface area contributed by atoms with Crippen molar-refractivity contribution in [3.05, 3.63) is 65.9 Å². The summed E-state index contributed by atoms with van der Waals surface area (Å²) in [7, 11) is 4.32. The maximum atomic E-state index is 12.6. The molecule has 2 aromatic carbocycles. The van der Waals surface area contributed by atoms with Gasteiger partial charge in [0.2, 0.25) is 0 Å². The normalized spacial score (nSPS) is 10.5. The Bertz CT molecular complexity index is 990. The van der Waals surface area contributed by atoms with E-state index in [1.165, 1.54) is 21.3 Å². The van der Waals surface area contributed by atoms with Gasteiger partial charge in [-0.1, -0.05) is 30.3 Å². The molecule has 0 amide bonds. The molecule has 9 nitrogen and oxygen atoms in total. The molecule has 164 valence electrons. The summed E-state index contributed by atoms with van der Waals surface area (Å²) < 4.78 is 27.9. The number of carbonyl (C=O) groups is 1. The summed E-state index contributed by atoms with van der Waals surface area (Å²) in [6.45, 7) is 0.534. The van der Waals surface area contributed by atoms with Crippen molar-refractivity contribution in [2.24, 2.45) is 0 Å². The van der Waals surface area contributed by atoms with E-state index in [-0.39, 0.29) is 24.9 Å². The second-order valence-electron chi connectivity index (χ2n) is 6.42. The number of nitrogens with zero attached hydrogens (tertiary/aromatic N) is 2. The molecule has 0 unspecified atom stereocenters. The SMILES string of the molecule is COCOc1cc(Nc2ccnn2Cc2ccccc2)c(C(=O)OC)c(OCOC)c1. The zero-order chi connectivity index (χ0) is 22.1. The molecule has 1 heterocycles.